The van der Waals surface area contributed by atoms with Crippen LogP contribution in [0.15, 0.2) is 12.1 Å². The highest BCUT2D eigenvalue weighted by molar-refractivity contribution is 6.05. The average molecular weight is 243 g/mol. The second-order valence-electron chi connectivity index (χ2n) is 3.80. The third-order valence-corrected chi connectivity index (χ3v) is 2.81. The van der Waals surface area contributed by atoms with Crippen molar-refractivity contribution in [3.05, 3.63) is 35.1 Å². The Hall–Kier alpha value is -1.85. The average Bonchev–Trinajstić information content (AvgIpc) is 2.53. The molecule has 6 heteroatoms. The lowest BCUT2D eigenvalue weighted by atomic mass is 9.96. The number of imide groups is 1. The molecule has 0 saturated carbocycles. The van der Waals surface area contributed by atoms with E-state index in [0.717, 1.165) is 11.0 Å². The highest BCUT2D eigenvalue weighted by atomic mass is 19.2. The summed E-state index contributed by atoms with van der Waals surface area (Å²) in [7, 11) is 1.22. The molecular formula is C11H8F3NO2. The van der Waals surface area contributed by atoms with Crippen molar-refractivity contribution in [3.63, 3.8) is 0 Å². The quantitative estimate of drug-likeness (QED) is 0.554. The van der Waals surface area contributed by atoms with E-state index >= 15 is 0 Å². The Bertz CT molecular complexity index is 516. The summed E-state index contributed by atoms with van der Waals surface area (Å²) in [5.74, 6) is -6.21. The maximum absolute atomic E-state index is 13.4. The molecule has 1 unspecified atom stereocenters. The number of halogens is 3. The minimum absolute atomic E-state index is 0.341. The van der Waals surface area contributed by atoms with E-state index in [-0.39, 0.29) is 6.42 Å². The van der Waals surface area contributed by atoms with Gasteiger partial charge in [0.15, 0.2) is 11.6 Å². The number of likely N-dealkylation sites (tertiary alicyclic amines) is 1. The number of carbonyl (C=O) groups excluding carboxylic acids is 2. The highest BCUT2D eigenvalue weighted by Crippen LogP contribution is 2.32. The highest BCUT2D eigenvalue weighted by Gasteiger charge is 2.40. The molecule has 0 aliphatic carbocycles. The van der Waals surface area contributed by atoms with Crippen molar-refractivity contribution in [2.75, 3.05) is 7.05 Å². The van der Waals surface area contributed by atoms with Crippen LogP contribution >= 0.6 is 0 Å². The van der Waals surface area contributed by atoms with Gasteiger partial charge >= 0.3 is 0 Å². The van der Waals surface area contributed by atoms with Crippen LogP contribution in [0.1, 0.15) is 17.9 Å². The van der Waals surface area contributed by atoms with Gasteiger partial charge in [-0.2, -0.15) is 0 Å². The van der Waals surface area contributed by atoms with Crippen LogP contribution in [0.25, 0.3) is 0 Å². The van der Waals surface area contributed by atoms with Gasteiger partial charge in [0.1, 0.15) is 5.82 Å². The zero-order valence-electron chi connectivity index (χ0n) is 8.84. The van der Waals surface area contributed by atoms with Crippen molar-refractivity contribution >= 4 is 11.8 Å². The first kappa shape index (κ1) is 11.6. The lowest BCUT2D eigenvalue weighted by Gasteiger charge is -2.11. The molecule has 1 aliphatic heterocycles. The van der Waals surface area contributed by atoms with Crippen molar-refractivity contribution < 1.29 is 22.8 Å². The number of carbonyl (C=O) groups is 2. The summed E-state index contributed by atoms with van der Waals surface area (Å²) in [5.41, 5.74) is -0.673. The summed E-state index contributed by atoms with van der Waals surface area (Å²) in [6, 6.07) is 1.38. The predicted octanol–water partition coefficient (Wildman–Crippen LogP) is 1.58. The minimum Gasteiger partial charge on any atom is -0.285 e. The van der Waals surface area contributed by atoms with Gasteiger partial charge in [0.2, 0.25) is 11.8 Å². The molecule has 2 amide bonds. The molecule has 1 fully saturated rings. The van der Waals surface area contributed by atoms with Crippen LogP contribution < -0.4 is 0 Å². The van der Waals surface area contributed by atoms with E-state index in [1.165, 1.54) is 7.05 Å². The third-order valence-electron chi connectivity index (χ3n) is 2.81. The van der Waals surface area contributed by atoms with Gasteiger partial charge in [-0.25, -0.2) is 13.2 Å². The smallest absolute Gasteiger partial charge is 0.237 e. The van der Waals surface area contributed by atoms with Crippen LogP contribution in [0.5, 0.6) is 0 Å². The first-order valence-electron chi connectivity index (χ1n) is 4.87. The van der Waals surface area contributed by atoms with Gasteiger partial charge in [-0.15, -0.1) is 0 Å². The van der Waals surface area contributed by atoms with E-state index in [1.54, 1.807) is 0 Å². The fraction of sp³-hybridized carbons (Fsp3) is 0.273. The molecule has 0 radical (unpaired) electrons. The zero-order valence-corrected chi connectivity index (χ0v) is 8.84. The Morgan fingerprint density at radius 2 is 1.76 bits per heavy atom. The van der Waals surface area contributed by atoms with E-state index in [1.807, 2.05) is 0 Å². The first-order chi connectivity index (χ1) is 7.93. The molecule has 0 aromatic heterocycles. The third kappa shape index (κ3) is 1.69. The zero-order chi connectivity index (χ0) is 12.7. The van der Waals surface area contributed by atoms with E-state index in [4.69, 9.17) is 0 Å². The Kier molecular flexibility index (Phi) is 2.65. The van der Waals surface area contributed by atoms with Gasteiger partial charge in [0.25, 0.3) is 0 Å². The Morgan fingerprint density at radius 3 is 2.29 bits per heavy atom. The van der Waals surface area contributed by atoms with Gasteiger partial charge in [0.05, 0.1) is 5.92 Å². The molecule has 1 aromatic carbocycles. The van der Waals surface area contributed by atoms with Crippen LogP contribution in [-0.2, 0) is 9.59 Å². The normalized spacial score (nSPS) is 20.2. The van der Waals surface area contributed by atoms with E-state index in [0.29, 0.717) is 6.07 Å². The molecule has 1 aromatic rings. The summed E-state index contributed by atoms with van der Waals surface area (Å²) in [6.07, 6.45) is -0.341. The van der Waals surface area contributed by atoms with Crippen LogP contribution in [0.3, 0.4) is 0 Å². The number of hydrogen-bond donors (Lipinski definition) is 0. The Morgan fingerprint density at radius 1 is 1.18 bits per heavy atom. The van der Waals surface area contributed by atoms with Crippen molar-refractivity contribution in [2.24, 2.45) is 0 Å². The number of rotatable bonds is 1. The maximum atomic E-state index is 13.4. The predicted molar refractivity (Wildman–Crippen MR) is 51.5 cm³/mol. The molecule has 1 atom stereocenters. The summed E-state index contributed by atoms with van der Waals surface area (Å²) >= 11 is 0. The van der Waals surface area contributed by atoms with Crippen molar-refractivity contribution in [2.45, 2.75) is 12.3 Å². The van der Waals surface area contributed by atoms with E-state index in [2.05, 4.69) is 0 Å². The monoisotopic (exact) mass is 243 g/mol. The number of benzene rings is 1. The van der Waals surface area contributed by atoms with Gasteiger partial charge in [-0.1, -0.05) is 0 Å². The molecule has 1 heterocycles. The van der Waals surface area contributed by atoms with Crippen molar-refractivity contribution in [3.8, 4) is 0 Å². The molecule has 1 aliphatic rings. The van der Waals surface area contributed by atoms with Crippen molar-refractivity contribution in [1.82, 2.24) is 4.90 Å². The molecule has 90 valence electrons. The topological polar surface area (TPSA) is 37.4 Å². The Labute approximate surface area is 94.8 Å². The molecule has 0 spiro atoms. The molecule has 17 heavy (non-hydrogen) atoms. The Balaban J connectivity index is 2.52. The summed E-state index contributed by atoms with van der Waals surface area (Å²) in [5, 5.41) is 0. The van der Waals surface area contributed by atoms with E-state index in [9.17, 15) is 22.8 Å². The second-order valence-corrected chi connectivity index (χ2v) is 3.80. The number of likely N-dealkylation sites (N-methyl/N-ethyl adjacent to an activating group) is 1. The fourth-order valence-electron chi connectivity index (χ4n) is 1.84. The maximum Gasteiger partial charge on any atom is 0.237 e. The van der Waals surface area contributed by atoms with E-state index < -0.39 is 40.7 Å². The number of nitrogens with zero attached hydrogens (tertiary/aromatic N) is 1. The molecule has 0 N–H and O–H groups in total. The summed E-state index contributed by atoms with van der Waals surface area (Å²) in [6.45, 7) is 0. The van der Waals surface area contributed by atoms with Crippen LogP contribution in [0.4, 0.5) is 13.2 Å². The molecule has 0 bridgehead atoms. The van der Waals surface area contributed by atoms with Crippen molar-refractivity contribution in [1.29, 1.82) is 0 Å². The lowest BCUT2D eigenvalue weighted by Crippen LogP contribution is -2.25. The largest absolute Gasteiger partial charge is 0.285 e. The van der Waals surface area contributed by atoms with Gasteiger partial charge < -0.3 is 0 Å². The SMILES string of the molecule is CN1C(=O)CC(c2c(F)ccc(F)c2F)C1=O. The molecule has 1 saturated heterocycles. The van der Waals surface area contributed by atoms with Crippen LogP contribution in [0.2, 0.25) is 0 Å². The minimum atomic E-state index is -1.41. The molecule has 3 nitrogen and oxygen atoms in total. The number of amides is 2. The van der Waals surface area contributed by atoms with Gasteiger partial charge in [-0.3, -0.25) is 14.5 Å². The molecular weight excluding hydrogens is 235 g/mol. The first-order valence-corrected chi connectivity index (χ1v) is 4.87. The van der Waals surface area contributed by atoms with Crippen LogP contribution in [-0.4, -0.2) is 23.8 Å². The second kappa shape index (κ2) is 3.87. The standard InChI is InChI=1S/C11H8F3NO2/c1-15-8(16)4-5(11(15)17)9-6(12)2-3-7(13)10(9)14/h2-3,5H,4H2,1H3. The van der Waals surface area contributed by atoms with Gasteiger partial charge in [-0.05, 0) is 12.1 Å². The van der Waals surface area contributed by atoms with Crippen LogP contribution in [0, 0.1) is 17.5 Å². The van der Waals surface area contributed by atoms with Gasteiger partial charge in [0, 0.05) is 19.0 Å². The lowest BCUT2D eigenvalue weighted by molar-refractivity contribution is -0.137. The molecule has 2 rings (SSSR count). The summed E-state index contributed by atoms with van der Waals surface area (Å²) in [4.78, 5) is 23.6. The summed E-state index contributed by atoms with van der Waals surface area (Å²) < 4.78 is 39.8. The fourth-order valence-corrected chi connectivity index (χ4v) is 1.84. The number of hydrogen-bond acceptors (Lipinski definition) is 2.